The van der Waals surface area contributed by atoms with Crippen LogP contribution in [0.2, 0.25) is 0 Å². The number of rotatable bonds is 7. The average molecular weight is 452 g/mol. The third-order valence-electron chi connectivity index (χ3n) is 6.03. The first-order valence-corrected chi connectivity index (χ1v) is 12.3. The van der Waals surface area contributed by atoms with Crippen LogP contribution in [0, 0.1) is 0 Å². The molecule has 0 spiro atoms. The summed E-state index contributed by atoms with van der Waals surface area (Å²) >= 11 is 5.46. The molecule has 1 fully saturated rings. The summed E-state index contributed by atoms with van der Waals surface area (Å²) in [5, 5.41) is 7.11. The highest BCUT2D eigenvalue weighted by molar-refractivity contribution is 7.80. The lowest BCUT2D eigenvalue weighted by Crippen LogP contribution is -2.32. The Hall–Kier alpha value is -2.24. The number of anilines is 1. The van der Waals surface area contributed by atoms with Gasteiger partial charge in [-0.05, 0) is 74.2 Å². The molecule has 0 bridgehead atoms. The van der Waals surface area contributed by atoms with Gasteiger partial charge in [0.15, 0.2) is 10.9 Å². The minimum absolute atomic E-state index is 0.0189. The molecule has 0 aliphatic carbocycles. The average Bonchev–Trinajstić information content (AvgIpc) is 3.05. The molecule has 3 rings (SSSR count). The van der Waals surface area contributed by atoms with Crippen molar-refractivity contribution in [3.05, 3.63) is 65.2 Å². The minimum Gasteiger partial charge on any atom is -0.362 e. The van der Waals surface area contributed by atoms with Gasteiger partial charge in [-0.25, -0.2) is 0 Å². The van der Waals surface area contributed by atoms with E-state index in [2.05, 4.69) is 36.3 Å². The van der Waals surface area contributed by atoms with E-state index in [4.69, 9.17) is 12.2 Å². The zero-order valence-corrected chi connectivity index (χ0v) is 20.6. The zero-order chi connectivity index (χ0) is 23.0. The summed E-state index contributed by atoms with van der Waals surface area (Å²) in [5.74, 6) is 0.0189. The van der Waals surface area contributed by atoms with E-state index >= 15 is 0 Å². The molecule has 0 radical (unpaired) electrons. The van der Waals surface area contributed by atoms with E-state index in [1.54, 1.807) is 0 Å². The maximum absolute atomic E-state index is 13.0. The topological polar surface area (TPSA) is 44.4 Å². The number of likely N-dealkylation sites (tertiary alicyclic amines) is 1. The van der Waals surface area contributed by atoms with Crippen molar-refractivity contribution >= 4 is 28.8 Å². The fraction of sp³-hybridized carbons (Fsp3) is 0.481. The molecule has 5 heteroatoms. The number of nitrogens with zero attached hydrogens (tertiary/aromatic N) is 1. The molecule has 1 saturated heterocycles. The minimum atomic E-state index is 0.0189. The molecular weight excluding hydrogens is 414 g/mol. The van der Waals surface area contributed by atoms with Gasteiger partial charge in [0, 0.05) is 23.4 Å². The van der Waals surface area contributed by atoms with Gasteiger partial charge in [0.1, 0.15) is 0 Å². The Balaban J connectivity index is 1.49. The van der Waals surface area contributed by atoms with Crippen LogP contribution in [-0.4, -0.2) is 42.0 Å². The molecule has 4 nitrogen and oxygen atoms in total. The standard InChI is InChI=1S/C27H37N3OS/c1-27(2,3)23-14-12-21(13-15-23)25(31)22-10-8-11-24(20-22)29-26(32)28-16-9-19-30-17-6-4-5-7-18-30/h8,10-15,20H,4-7,9,16-19H2,1-3H3,(H2,28,29,32). The van der Waals surface area contributed by atoms with Gasteiger partial charge in [-0.15, -0.1) is 0 Å². The van der Waals surface area contributed by atoms with Crippen molar-refractivity contribution in [3.63, 3.8) is 0 Å². The van der Waals surface area contributed by atoms with Gasteiger partial charge >= 0.3 is 0 Å². The van der Waals surface area contributed by atoms with Crippen LogP contribution in [0.3, 0.4) is 0 Å². The van der Waals surface area contributed by atoms with E-state index < -0.39 is 0 Å². The highest BCUT2D eigenvalue weighted by Crippen LogP contribution is 2.23. The van der Waals surface area contributed by atoms with Crippen LogP contribution in [0.25, 0.3) is 0 Å². The van der Waals surface area contributed by atoms with E-state index in [0.29, 0.717) is 16.2 Å². The normalized spacial score (nSPS) is 15.1. The van der Waals surface area contributed by atoms with Crippen LogP contribution in [-0.2, 0) is 5.41 Å². The molecule has 0 saturated carbocycles. The maximum atomic E-state index is 13.0. The smallest absolute Gasteiger partial charge is 0.193 e. The number of thiocarbonyl (C=S) groups is 1. The van der Waals surface area contributed by atoms with Crippen LogP contribution < -0.4 is 10.6 Å². The quantitative estimate of drug-likeness (QED) is 0.318. The summed E-state index contributed by atoms with van der Waals surface area (Å²) < 4.78 is 0. The van der Waals surface area contributed by atoms with Gasteiger partial charge < -0.3 is 15.5 Å². The first-order valence-electron chi connectivity index (χ1n) is 11.9. The first-order chi connectivity index (χ1) is 15.3. The van der Waals surface area contributed by atoms with Gasteiger partial charge in [-0.3, -0.25) is 4.79 Å². The summed E-state index contributed by atoms with van der Waals surface area (Å²) in [7, 11) is 0. The van der Waals surface area contributed by atoms with Crippen LogP contribution >= 0.6 is 12.2 Å². The molecule has 0 unspecified atom stereocenters. The number of carbonyl (C=O) groups is 1. The van der Waals surface area contributed by atoms with Gasteiger partial charge in [-0.2, -0.15) is 0 Å². The Morgan fingerprint density at radius 3 is 2.31 bits per heavy atom. The van der Waals surface area contributed by atoms with Crippen LogP contribution in [0.4, 0.5) is 5.69 Å². The molecule has 172 valence electrons. The molecule has 2 N–H and O–H groups in total. The van der Waals surface area contributed by atoms with Crippen LogP contribution in [0.5, 0.6) is 0 Å². The van der Waals surface area contributed by atoms with Crippen molar-refractivity contribution in [1.29, 1.82) is 0 Å². The molecule has 0 amide bonds. The van der Waals surface area contributed by atoms with Crippen LogP contribution in [0.1, 0.15) is 74.4 Å². The fourth-order valence-electron chi connectivity index (χ4n) is 4.07. The van der Waals surface area contributed by atoms with E-state index in [1.165, 1.54) is 44.3 Å². The molecule has 2 aromatic carbocycles. The Kier molecular flexibility index (Phi) is 8.83. The van der Waals surface area contributed by atoms with Gasteiger partial charge in [0.25, 0.3) is 0 Å². The molecule has 0 atom stereocenters. The van der Waals surface area contributed by atoms with Crippen molar-refractivity contribution in [1.82, 2.24) is 10.2 Å². The Morgan fingerprint density at radius 1 is 0.969 bits per heavy atom. The lowest BCUT2D eigenvalue weighted by atomic mass is 9.86. The number of carbonyl (C=O) groups excluding carboxylic acids is 1. The highest BCUT2D eigenvalue weighted by atomic mass is 32.1. The van der Waals surface area contributed by atoms with Crippen molar-refractivity contribution in [2.45, 2.75) is 58.3 Å². The van der Waals surface area contributed by atoms with E-state index in [-0.39, 0.29) is 11.2 Å². The summed E-state index contributed by atoms with van der Waals surface area (Å²) in [6.07, 6.45) is 6.45. The Labute approximate surface area is 198 Å². The third-order valence-corrected chi connectivity index (χ3v) is 6.28. The fourth-order valence-corrected chi connectivity index (χ4v) is 4.29. The largest absolute Gasteiger partial charge is 0.362 e. The van der Waals surface area contributed by atoms with Gasteiger partial charge in [0.2, 0.25) is 0 Å². The number of hydrogen-bond donors (Lipinski definition) is 2. The summed E-state index contributed by atoms with van der Waals surface area (Å²) in [6, 6.07) is 15.5. The molecular formula is C27H37N3OS. The first kappa shape index (κ1) is 24.4. The molecule has 1 heterocycles. The van der Waals surface area contributed by atoms with Gasteiger partial charge in [0.05, 0.1) is 0 Å². The Bertz CT molecular complexity index is 894. The number of hydrogen-bond acceptors (Lipinski definition) is 3. The van der Waals surface area contributed by atoms with Crippen LogP contribution in [0.15, 0.2) is 48.5 Å². The second-order valence-corrected chi connectivity index (χ2v) is 10.1. The third kappa shape index (κ3) is 7.42. The molecule has 1 aliphatic rings. The predicted molar refractivity (Wildman–Crippen MR) is 139 cm³/mol. The van der Waals surface area contributed by atoms with Crippen molar-refractivity contribution in [2.24, 2.45) is 0 Å². The summed E-state index contributed by atoms with van der Waals surface area (Å²) in [6.45, 7) is 10.9. The lowest BCUT2D eigenvalue weighted by molar-refractivity contribution is 0.103. The van der Waals surface area contributed by atoms with E-state index in [1.807, 2.05) is 48.5 Å². The highest BCUT2D eigenvalue weighted by Gasteiger charge is 2.15. The SMILES string of the molecule is CC(C)(C)c1ccc(C(=O)c2cccc(NC(=S)NCCCN3CCCCCC3)c2)cc1. The number of benzene rings is 2. The maximum Gasteiger partial charge on any atom is 0.193 e. The van der Waals surface area contributed by atoms with Crippen molar-refractivity contribution < 1.29 is 4.79 Å². The second kappa shape index (κ2) is 11.6. The predicted octanol–water partition coefficient (Wildman–Crippen LogP) is 5.77. The van der Waals surface area contributed by atoms with Crippen molar-refractivity contribution in [2.75, 3.05) is 31.5 Å². The zero-order valence-electron chi connectivity index (χ0n) is 19.7. The molecule has 2 aromatic rings. The van der Waals surface area contributed by atoms with E-state index in [9.17, 15) is 4.79 Å². The summed E-state index contributed by atoms with van der Waals surface area (Å²) in [4.78, 5) is 15.5. The van der Waals surface area contributed by atoms with Crippen molar-refractivity contribution in [3.8, 4) is 0 Å². The number of nitrogens with one attached hydrogen (secondary N) is 2. The lowest BCUT2D eigenvalue weighted by Gasteiger charge is -2.20. The molecule has 1 aliphatic heterocycles. The second-order valence-electron chi connectivity index (χ2n) is 9.73. The monoisotopic (exact) mass is 451 g/mol. The van der Waals surface area contributed by atoms with E-state index in [0.717, 1.165) is 25.2 Å². The summed E-state index contributed by atoms with van der Waals surface area (Å²) in [5.41, 5.74) is 3.47. The number of ketones is 1. The Morgan fingerprint density at radius 2 is 1.66 bits per heavy atom. The van der Waals surface area contributed by atoms with Gasteiger partial charge in [-0.1, -0.05) is 70.0 Å². The molecule has 32 heavy (non-hydrogen) atoms. The molecule has 0 aromatic heterocycles.